The van der Waals surface area contributed by atoms with Gasteiger partial charge in [0.05, 0.1) is 24.4 Å². The van der Waals surface area contributed by atoms with E-state index in [1.54, 1.807) is 12.1 Å². The number of rotatable bonds is 18. The summed E-state index contributed by atoms with van der Waals surface area (Å²) >= 11 is 0. The molecule has 0 spiro atoms. The van der Waals surface area contributed by atoms with Crippen LogP contribution in [0.2, 0.25) is 0 Å². The number of ether oxygens (including phenoxy) is 4. The normalized spacial score (nSPS) is 16.3. The van der Waals surface area contributed by atoms with Crippen LogP contribution in [0.25, 0.3) is 11.1 Å². The van der Waals surface area contributed by atoms with Crippen molar-refractivity contribution in [2.24, 2.45) is 5.92 Å². The van der Waals surface area contributed by atoms with E-state index in [2.05, 4.69) is 44.3 Å². The molecular weight excluding hydrogens is 548 g/mol. The van der Waals surface area contributed by atoms with Gasteiger partial charge in [0.15, 0.2) is 11.5 Å². The maximum absolute atomic E-state index is 11.9. The molecule has 0 bridgehead atoms. The summed E-state index contributed by atoms with van der Waals surface area (Å²) < 4.78 is 21.2. The van der Waals surface area contributed by atoms with Crippen LogP contribution < -0.4 is 9.47 Å². The summed E-state index contributed by atoms with van der Waals surface area (Å²) in [5.41, 5.74) is 3.01. The van der Waals surface area contributed by atoms with Crippen molar-refractivity contribution in [3.63, 3.8) is 0 Å². The number of hydrogen-bond acceptors (Lipinski definition) is 8. The summed E-state index contributed by atoms with van der Waals surface area (Å²) in [5, 5.41) is 18.1. The Balaban J connectivity index is 1.62. The van der Waals surface area contributed by atoms with E-state index in [1.165, 1.54) is 69.8 Å². The highest BCUT2D eigenvalue weighted by Crippen LogP contribution is 2.39. The molecular formula is C35H46O8. The van der Waals surface area contributed by atoms with Gasteiger partial charge in [0, 0.05) is 0 Å². The minimum atomic E-state index is -0.783. The third-order valence-corrected chi connectivity index (χ3v) is 7.99. The maximum atomic E-state index is 11.9. The lowest BCUT2D eigenvalue weighted by Crippen LogP contribution is -2.15. The Morgan fingerprint density at radius 1 is 0.744 bits per heavy atom. The quantitative estimate of drug-likeness (QED) is 0.0835. The van der Waals surface area contributed by atoms with Crippen molar-refractivity contribution in [3.05, 3.63) is 72.3 Å². The molecule has 43 heavy (non-hydrogen) atoms. The van der Waals surface area contributed by atoms with E-state index in [4.69, 9.17) is 29.2 Å². The summed E-state index contributed by atoms with van der Waals surface area (Å²) in [6.45, 7) is 7.18. The number of carbonyl (C=O) groups is 2. The highest BCUT2D eigenvalue weighted by Gasteiger charge is 2.22. The van der Waals surface area contributed by atoms with E-state index in [9.17, 15) is 9.59 Å². The van der Waals surface area contributed by atoms with Gasteiger partial charge < -0.3 is 29.2 Å². The Morgan fingerprint density at radius 3 is 1.88 bits per heavy atom. The molecule has 0 heterocycles. The smallest absolute Gasteiger partial charge is 0.338 e. The Bertz CT molecular complexity index is 1190. The van der Waals surface area contributed by atoms with Crippen molar-refractivity contribution in [3.8, 4) is 22.6 Å². The maximum Gasteiger partial charge on any atom is 0.338 e. The predicted octanol–water partition coefficient (Wildman–Crippen LogP) is 6.84. The molecule has 2 aromatic rings. The molecule has 1 fully saturated rings. The first kappa shape index (κ1) is 33.9. The van der Waals surface area contributed by atoms with E-state index < -0.39 is 38.7 Å². The first-order valence-electron chi connectivity index (χ1n) is 15.3. The van der Waals surface area contributed by atoms with E-state index >= 15 is 0 Å². The standard InChI is InChI=1S/C35H46O8/c1-4-5-6-7-8-9-27-10-12-28(13-11-27)29-14-16-30(17-15-29)31-18-19-32(40-23-42-34(38)25(2)21-36)33(20-31)41-24-43-35(39)26(3)22-37/h14-20,27-28,36-37H,2-13,21-24H2,1H3. The largest absolute Gasteiger partial charge is 0.453 e. The monoisotopic (exact) mass is 594 g/mol. The summed E-state index contributed by atoms with van der Waals surface area (Å²) in [7, 11) is 0. The van der Waals surface area contributed by atoms with Crippen molar-refractivity contribution in [1.82, 2.24) is 0 Å². The number of benzene rings is 2. The van der Waals surface area contributed by atoms with Crippen molar-refractivity contribution >= 4 is 11.9 Å². The van der Waals surface area contributed by atoms with Gasteiger partial charge in [0.1, 0.15) is 0 Å². The Morgan fingerprint density at radius 2 is 1.30 bits per heavy atom. The summed E-state index contributed by atoms with van der Waals surface area (Å²) in [6, 6.07) is 13.9. The van der Waals surface area contributed by atoms with Crippen LogP contribution in [0.15, 0.2) is 66.8 Å². The zero-order valence-corrected chi connectivity index (χ0v) is 25.4. The van der Waals surface area contributed by atoms with Crippen LogP contribution in [-0.4, -0.2) is 49.0 Å². The second kappa shape index (κ2) is 18.1. The number of unbranched alkanes of at least 4 members (excludes halogenated alkanes) is 4. The van der Waals surface area contributed by atoms with Gasteiger partial charge >= 0.3 is 11.9 Å². The lowest BCUT2D eigenvalue weighted by molar-refractivity contribution is -0.147. The molecule has 2 N–H and O–H groups in total. The zero-order valence-electron chi connectivity index (χ0n) is 25.4. The fourth-order valence-electron chi connectivity index (χ4n) is 5.31. The zero-order chi connectivity index (χ0) is 31.0. The van der Waals surface area contributed by atoms with Crippen molar-refractivity contribution in [1.29, 1.82) is 0 Å². The van der Waals surface area contributed by atoms with E-state index in [1.807, 2.05) is 6.07 Å². The predicted molar refractivity (Wildman–Crippen MR) is 166 cm³/mol. The second-order valence-electron chi connectivity index (χ2n) is 11.1. The van der Waals surface area contributed by atoms with Crippen LogP contribution in [0, 0.1) is 5.92 Å². The van der Waals surface area contributed by atoms with Crippen LogP contribution in [0.1, 0.15) is 82.6 Å². The molecule has 1 saturated carbocycles. The van der Waals surface area contributed by atoms with Crippen molar-refractivity contribution < 1.29 is 38.7 Å². The lowest BCUT2D eigenvalue weighted by atomic mass is 9.77. The topological polar surface area (TPSA) is 112 Å². The van der Waals surface area contributed by atoms with Gasteiger partial charge in [-0.05, 0) is 66.3 Å². The molecule has 0 aliphatic heterocycles. The molecule has 0 atom stereocenters. The van der Waals surface area contributed by atoms with Gasteiger partial charge in [-0.1, -0.05) is 88.9 Å². The summed E-state index contributed by atoms with van der Waals surface area (Å²) in [4.78, 5) is 23.6. The first-order chi connectivity index (χ1) is 20.9. The van der Waals surface area contributed by atoms with Gasteiger partial charge in [-0.3, -0.25) is 0 Å². The molecule has 8 heteroatoms. The second-order valence-corrected chi connectivity index (χ2v) is 11.1. The molecule has 0 aromatic heterocycles. The molecule has 8 nitrogen and oxygen atoms in total. The average Bonchev–Trinajstić information content (AvgIpc) is 3.04. The van der Waals surface area contributed by atoms with E-state index in [0.29, 0.717) is 5.92 Å². The van der Waals surface area contributed by atoms with Gasteiger partial charge in [-0.2, -0.15) is 0 Å². The Kier molecular flexibility index (Phi) is 14.3. The van der Waals surface area contributed by atoms with Gasteiger partial charge in [0.25, 0.3) is 0 Å². The molecule has 234 valence electrons. The number of carbonyl (C=O) groups excluding carboxylic acids is 2. The number of hydrogen-bond donors (Lipinski definition) is 2. The van der Waals surface area contributed by atoms with E-state index in [-0.39, 0.29) is 22.6 Å². The van der Waals surface area contributed by atoms with Gasteiger partial charge in [-0.25, -0.2) is 9.59 Å². The minimum Gasteiger partial charge on any atom is -0.453 e. The SMILES string of the molecule is C=C(CO)C(=O)OCOc1ccc(-c2ccc(C3CCC(CCCCCCC)CC3)cc2)cc1OCOC(=O)C(=C)CO. The molecule has 0 amide bonds. The van der Waals surface area contributed by atoms with Crippen LogP contribution >= 0.6 is 0 Å². The Hall–Kier alpha value is -3.62. The fraction of sp³-hybridized carbons (Fsp3) is 0.486. The Labute approximate surface area is 255 Å². The molecule has 1 aliphatic rings. The molecule has 2 aromatic carbocycles. The summed E-state index contributed by atoms with van der Waals surface area (Å²) in [6.07, 6.45) is 13.2. The average molecular weight is 595 g/mol. The third-order valence-electron chi connectivity index (χ3n) is 7.99. The van der Waals surface area contributed by atoms with Crippen LogP contribution in [0.4, 0.5) is 0 Å². The van der Waals surface area contributed by atoms with Gasteiger partial charge in [0.2, 0.25) is 13.6 Å². The molecule has 3 rings (SSSR count). The highest BCUT2D eigenvalue weighted by molar-refractivity contribution is 5.88. The summed E-state index contributed by atoms with van der Waals surface area (Å²) in [5.74, 6) is 0.404. The fourth-order valence-corrected chi connectivity index (χ4v) is 5.31. The van der Waals surface area contributed by atoms with Crippen LogP contribution in [0.5, 0.6) is 11.5 Å². The number of aliphatic hydroxyl groups is 2. The third kappa shape index (κ3) is 10.9. The van der Waals surface area contributed by atoms with Gasteiger partial charge in [-0.15, -0.1) is 0 Å². The molecule has 0 radical (unpaired) electrons. The first-order valence-corrected chi connectivity index (χ1v) is 15.3. The molecule has 0 saturated heterocycles. The van der Waals surface area contributed by atoms with Crippen molar-refractivity contribution in [2.45, 2.75) is 77.0 Å². The lowest BCUT2D eigenvalue weighted by Gasteiger charge is -2.29. The van der Waals surface area contributed by atoms with E-state index in [0.717, 1.165) is 17.0 Å². The molecule has 1 aliphatic carbocycles. The molecule has 0 unspecified atom stereocenters. The van der Waals surface area contributed by atoms with Crippen LogP contribution in [-0.2, 0) is 19.1 Å². The highest BCUT2D eigenvalue weighted by atomic mass is 16.7. The van der Waals surface area contributed by atoms with Crippen molar-refractivity contribution in [2.75, 3.05) is 26.8 Å². The number of esters is 2. The minimum absolute atomic E-state index is 0.0964. The number of aliphatic hydroxyl groups excluding tert-OH is 2. The van der Waals surface area contributed by atoms with Crippen LogP contribution in [0.3, 0.4) is 0 Å².